The molecular weight excluding hydrogens is 327 g/mol. The van der Waals surface area contributed by atoms with Crippen molar-refractivity contribution in [1.82, 2.24) is 9.97 Å². The molecule has 118 valence electrons. The Morgan fingerprint density at radius 3 is 2.74 bits per heavy atom. The van der Waals surface area contributed by atoms with Crippen molar-refractivity contribution in [2.45, 2.75) is 12.6 Å². The predicted octanol–water partition coefficient (Wildman–Crippen LogP) is 3.89. The molecule has 0 bridgehead atoms. The average molecular weight is 337 g/mol. The normalized spacial score (nSPS) is 11.6. The maximum atomic E-state index is 12.5. The first kappa shape index (κ1) is 15.4. The molecule has 23 heavy (non-hydrogen) atoms. The third-order valence-electron chi connectivity index (χ3n) is 3.10. The number of fused-ring (bicyclic) bond motifs is 1. The number of benzene rings is 1. The summed E-state index contributed by atoms with van der Waals surface area (Å²) in [6.45, 7) is 0. The highest BCUT2D eigenvalue weighted by molar-refractivity contribution is 7.15. The van der Waals surface area contributed by atoms with Gasteiger partial charge in [-0.1, -0.05) is 23.5 Å². The Hall–Kier alpha value is -2.48. The number of amides is 1. The van der Waals surface area contributed by atoms with Crippen molar-refractivity contribution in [2.75, 3.05) is 5.32 Å². The molecule has 0 aliphatic heterocycles. The number of carbonyl (C=O) groups excluding carboxylic acids is 1. The first-order chi connectivity index (χ1) is 10.9. The minimum Gasteiger partial charge on any atom is -0.302 e. The van der Waals surface area contributed by atoms with Crippen LogP contribution in [0, 0.1) is 0 Å². The van der Waals surface area contributed by atoms with E-state index in [4.69, 9.17) is 0 Å². The number of nitrogens with one attached hydrogen (secondary N) is 1. The van der Waals surface area contributed by atoms with E-state index in [1.54, 1.807) is 18.5 Å². The van der Waals surface area contributed by atoms with Crippen LogP contribution in [0.1, 0.15) is 10.4 Å². The first-order valence-corrected chi connectivity index (χ1v) is 7.39. The summed E-state index contributed by atoms with van der Waals surface area (Å²) in [5.41, 5.74) is 0.746. The largest absolute Gasteiger partial charge is 0.427 e. The Kier molecular flexibility index (Phi) is 3.99. The molecule has 1 amide bonds. The number of nitrogens with zero attached hydrogens (tertiary/aromatic N) is 2. The van der Waals surface area contributed by atoms with E-state index in [1.807, 2.05) is 18.2 Å². The number of pyridine rings is 1. The number of carbonyl (C=O) groups is 1. The monoisotopic (exact) mass is 337 g/mol. The van der Waals surface area contributed by atoms with E-state index < -0.39 is 17.0 Å². The lowest BCUT2D eigenvalue weighted by molar-refractivity contribution is -0.134. The highest BCUT2D eigenvalue weighted by Crippen LogP contribution is 2.35. The number of thiazole rings is 1. The van der Waals surface area contributed by atoms with E-state index >= 15 is 0 Å². The maximum absolute atomic E-state index is 12.5. The second kappa shape index (κ2) is 5.96. The van der Waals surface area contributed by atoms with Crippen LogP contribution < -0.4 is 5.32 Å². The molecular formula is C15H10F3N3OS. The zero-order chi connectivity index (χ0) is 16.4. The number of anilines is 1. The Balaban J connectivity index is 1.69. The van der Waals surface area contributed by atoms with E-state index in [2.05, 4.69) is 15.3 Å². The lowest BCUT2D eigenvalue weighted by Crippen LogP contribution is -2.14. The molecule has 1 N–H and O–H groups in total. The molecule has 0 aliphatic rings. The number of hydrogen-bond acceptors (Lipinski definition) is 4. The molecule has 0 saturated carbocycles. The summed E-state index contributed by atoms with van der Waals surface area (Å²) < 4.78 is 37.5. The van der Waals surface area contributed by atoms with Gasteiger partial charge in [-0.05, 0) is 23.1 Å². The van der Waals surface area contributed by atoms with Crippen molar-refractivity contribution in [1.29, 1.82) is 0 Å². The molecule has 3 aromatic rings. The van der Waals surface area contributed by atoms with Crippen molar-refractivity contribution in [3.05, 3.63) is 53.3 Å². The van der Waals surface area contributed by atoms with Gasteiger partial charge in [-0.25, -0.2) is 4.98 Å². The number of halogens is 3. The molecule has 2 aromatic heterocycles. The minimum absolute atomic E-state index is 0.0474. The summed E-state index contributed by atoms with van der Waals surface area (Å²) in [5.74, 6) is -0.420. The van der Waals surface area contributed by atoms with E-state index in [-0.39, 0.29) is 11.6 Å². The third-order valence-corrected chi connectivity index (χ3v) is 4.06. The quantitative estimate of drug-likeness (QED) is 0.789. The van der Waals surface area contributed by atoms with E-state index in [0.29, 0.717) is 17.5 Å². The Bertz CT molecular complexity index is 860. The topological polar surface area (TPSA) is 54.9 Å². The van der Waals surface area contributed by atoms with Crippen LogP contribution in [-0.2, 0) is 17.4 Å². The summed E-state index contributed by atoms with van der Waals surface area (Å²) in [4.78, 5) is 18.7. The van der Waals surface area contributed by atoms with Crippen molar-refractivity contribution in [3.63, 3.8) is 0 Å². The second-order valence-electron chi connectivity index (χ2n) is 4.81. The Morgan fingerprint density at radius 1 is 1.17 bits per heavy atom. The van der Waals surface area contributed by atoms with Crippen LogP contribution in [0.3, 0.4) is 0 Å². The van der Waals surface area contributed by atoms with Gasteiger partial charge in [-0.2, -0.15) is 13.2 Å². The van der Waals surface area contributed by atoms with Crippen molar-refractivity contribution < 1.29 is 18.0 Å². The smallest absolute Gasteiger partial charge is 0.302 e. The van der Waals surface area contributed by atoms with Gasteiger partial charge in [0.15, 0.2) is 5.13 Å². The van der Waals surface area contributed by atoms with Crippen LogP contribution in [0.25, 0.3) is 10.8 Å². The van der Waals surface area contributed by atoms with E-state index in [1.165, 1.54) is 0 Å². The molecule has 0 saturated heterocycles. The van der Waals surface area contributed by atoms with E-state index in [9.17, 15) is 18.0 Å². The zero-order valence-corrected chi connectivity index (χ0v) is 12.4. The van der Waals surface area contributed by atoms with Crippen LogP contribution in [0.2, 0.25) is 0 Å². The van der Waals surface area contributed by atoms with Gasteiger partial charge in [0.25, 0.3) is 0 Å². The average Bonchev–Trinajstić information content (AvgIpc) is 2.95. The van der Waals surface area contributed by atoms with Gasteiger partial charge in [0.2, 0.25) is 5.91 Å². The molecule has 8 heteroatoms. The fourth-order valence-electron chi connectivity index (χ4n) is 2.06. The highest BCUT2D eigenvalue weighted by atomic mass is 32.1. The molecule has 0 atom stereocenters. The summed E-state index contributed by atoms with van der Waals surface area (Å²) in [7, 11) is 0. The molecule has 1 aromatic carbocycles. The van der Waals surface area contributed by atoms with Crippen molar-refractivity contribution >= 4 is 33.1 Å². The summed E-state index contributed by atoms with van der Waals surface area (Å²) in [6.07, 6.45) is -0.331. The number of rotatable bonds is 3. The molecule has 0 radical (unpaired) electrons. The summed E-state index contributed by atoms with van der Waals surface area (Å²) >= 11 is 0.403. The molecule has 0 fully saturated rings. The summed E-state index contributed by atoms with van der Waals surface area (Å²) in [6, 6.07) is 7.34. The molecule has 0 aliphatic carbocycles. The molecule has 0 unspecified atom stereocenters. The second-order valence-corrected chi connectivity index (χ2v) is 5.84. The van der Waals surface area contributed by atoms with Crippen LogP contribution in [-0.4, -0.2) is 15.9 Å². The minimum atomic E-state index is -4.45. The van der Waals surface area contributed by atoms with Crippen LogP contribution in [0.4, 0.5) is 18.3 Å². The van der Waals surface area contributed by atoms with Gasteiger partial charge in [-0.3, -0.25) is 9.78 Å². The standard InChI is InChI=1S/C15H10F3N3OS/c16-15(17,18)12-8-20-14(23-12)21-13(22)6-9-1-2-10-3-4-19-7-11(10)5-9/h1-5,7-8H,6H2,(H,20,21,22). The van der Waals surface area contributed by atoms with Gasteiger partial charge in [0, 0.05) is 17.8 Å². The number of aromatic nitrogens is 2. The Morgan fingerprint density at radius 2 is 2.00 bits per heavy atom. The van der Waals surface area contributed by atoms with Crippen molar-refractivity contribution in [3.8, 4) is 0 Å². The van der Waals surface area contributed by atoms with Crippen LogP contribution >= 0.6 is 11.3 Å². The van der Waals surface area contributed by atoms with E-state index in [0.717, 1.165) is 16.3 Å². The SMILES string of the molecule is O=C(Cc1ccc2ccncc2c1)Nc1ncc(C(F)(F)F)s1. The molecule has 4 nitrogen and oxygen atoms in total. The zero-order valence-electron chi connectivity index (χ0n) is 11.6. The third kappa shape index (κ3) is 3.65. The first-order valence-electron chi connectivity index (χ1n) is 6.57. The maximum Gasteiger partial charge on any atom is 0.427 e. The predicted molar refractivity (Wildman–Crippen MR) is 81.2 cm³/mol. The van der Waals surface area contributed by atoms with Crippen LogP contribution in [0.5, 0.6) is 0 Å². The van der Waals surface area contributed by atoms with Gasteiger partial charge in [0.05, 0.1) is 12.6 Å². The van der Waals surface area contributed by atoms with Crippen molar-refractivity contribution in [2.24, 2.45) is 0 Å². The summed E-state index contributed by atoms with van der Waals surface area (Å²) in [5, 5.41) is 4.21. The van der Waals surface area contributed by atoms with Crippen LogP contribution in [0.15, 0.2) is 42.9 Å². The fraction of sp³-hybridized carbons (Fsp3) is 0.133. The lowest BCUT2D eigenvalue weighted by atomic mass is 10.1. The number of hydrogen-bond donors (Lipinski definition) is 1. The molecule has 3 rings (SSSR count). The number of alkyl halides is 3. The Labute approximate surface area is 133 Å². The molecule has 2 heterocycles. The van der Waals surface area contributed by atoms with Gasteiger partial charge >= 0.3 is 6.18 Å². The van der Waals surface area contributed by atoms with Gasteiger partial charge in [0.1, 0.15) is 4.88 Å². The fourth-order valence-corrected chi connectivity index (χ4v) is 2.76. The molecule has 0 spiro atoms. The van der Waals surface area contributed by atoms with Gasteiger partial charge in [-0.15, -0.1) is 0 Å². The lowest BCUT2D eigenvalue weighted by Gasteiger charge is -2.04. The van der Waals surface area contributed by atoms with Gasteiger partial charge < -0.3 is 5.32 Å². The highest BCUT2D eigenvalue weighted by Gasteiger charge is 2.33.